The molecule has 1 atom stereocenters. The van der Waals surface area contributed by atoms with Gasteiger partial charge in [0.2, 0.25) is 5.91 Å². The third kappa shape index (κ3) is 3.48. The van der Waals surface area contributed by atoms with Crippen LogP contribution in [0.25, 0.3) is 0 Å². The van der Waals surface area contributed by atoms with Crippen molar-refractivity contribution in [2.45, 2.75) is 65.0 Å². The standard InChI is InChI=1S/C13H26N2O/c1-5-13(4,14)12(16)15(11-6-7-11)9-8-10(2)3/h10-11H,5-9,14H2,1-4H3. The molecule has 94 valence electrons. The second kappa shape index (κ2) is 5.17. The molecule has 3 heteroatoms. The number of nitrogens with two attached hydrogens (primary N) is 1. The fourth-order valence-electron chi connectivity index (χ4n) is 1.71. The molecule has 0 spiro atoms. The van der Waals surface area contributed by atoms with E-state index in [2.05, 4.69) is 13.8 Å². The molecule has 0 aromatic heterocycles. The van der Waals surface area contributed by atoms with Crippen LogP contribution in [0.4, 0.5) is 0 Å². The first kappa shape index (κ1) is 13.5. The minimum atomic E-state index is -0.681. The lowest BCUT2D eigenvalue weighted by Crippen LogP contribution is -2.53. The minimum Gasteiger partial charge on any atom is -0.338 e. The molecule has 16 heavy (non-hydrogen) atoms. The Kier molecular flexibility index (Phi) is 4.36. The van der Waals surface area contributed by atoms with Gasteiger partial charge in [0, 0.05) is 12.6 Å². The first-order valence-electron chi connectivity index (χ1n) is 6.48. The Hall–Kier alpha value is -0.570. The van der Waals surface area contributed by atoms with Gasteiger partial charge >= 0.3 is 0 Å². The number of hydrogen-bond donors (Lipinski definition) is 1. The smallest absolute Gasteiger partial charge is 0.242 e. The van der Waals surface area contributed by atoms with Crippen LogP contribution < -0.4 is 5.73 Å². The van der Waals surface area contributed by atoms with E-state index in [-0.39, 0.29) is 5.91 Å². The molecule has 1 unspecified atom stereocenters. The van der Waals surface area contributed by atoms with Gasteiger partial charge in [-0.3, -0.25) is 4.79 Å². The molecule has 1 saturated carbocycles. The molecule has 1 aliphatic carbocycles. The summed E-state index contributed by atoms with van der Waals surface area (Å²) in [5, 5.41) is 0. The summed E-state index contributed by atoms with van der Waals surface area (Å²) in [5.74, 6) is 0.776. The summed E-state index contributed by atoms with van der Waals surface area (Å²) in [7, 11) is 0. The molecule has 0 heterocycles. The van der Waals surface area contributed by atoms with Crippen molar-refractivity contribution >= 4 is 5.91 Å². The second-order valence-corrected chi connectivity index (χ2v) is 5.68. The first-order chi connectivity index (χ1) is 7.38. The van der Waals surface area contributed by atoms with Crippen LogP contribution in [-0.2, 0) is 4.79 Å². The van der Waals surface area contributed by atoms with E-state index >= 15 is 0 Å². The van der Waals surface area contributed by atoms with E-state index in [4.69, 9.17) is 5.73 Å². The number of nitrogens with zero attached hydrogens (tertiary/aromatic N) is 1. The second-order valence-electron chi connectivity index (χ2n) is 5.68. The molecule has 0 aromatic carbocycles. The summed E-state index contributed by atoms with van der Waals surface area (Å²) in [4.78, 5) is 14.3. The third-order valence-corrected chi connectivity index (χ3v) is 3.42. The fourth-order valence-corrected chi connectivity index (χ4v) is 1.71. The number of hydrogen-bond acceptors (Lipinski definition) is 2. The van der Waals surface area contributed by atoms with E-state index in [1.54, 1.807) is 0 Å². The average molecular weight is 226 g/mol. The highest BCUT2D eigenvalue weighted by molar-refractivity contribution is 5.86. The Morgan fingerprint density at radius 3 is 2.44 bits per heavy atom. The highest BCUT2D eigenvalue weighted by Gasteiger charge is 2.38. The number of amides is 1. The fraction of sp³-hybridized carbons (Fsp3) is 0.923. The quantitative estimate of drug-likeness (QED) is 0.754. The summed E-state index contributed by atoms with van der Waals surface area (Å²) >= 11 is 0. The van der Waals surface area contributed by atoms with Crippen molar-refractivity contribution in [3.05, 3.63) is 0 Å². The molecule has 0 aromatic rings. The van der Waals surface area contributed by atoms with Gasteiger partial charge in [0.25, 0.3) is 0 Å². The van der Waals surface area contributed by atoms with E-state index in [0.717, 1.165) is 25.8 Å². The van der Waals surface area contributed by atoms with Crippen LogP contribution in [0.3, 0.4) is 0 Å². The molecule has 0 bridgehead atoms. The van der Waals surface area contributed by atoms with Gasteiger partial charge in [-0.05, 0) is 38.5 Å². The lowest BCUT2D eigenvalue weighted by Gasteiger charge is -2.31. The highest BCUT2D eigenvalue weighted by Crippen LogP contribution is 2.29. The Morgan fingerprint density at radius 1 is 1.50 bits per heavy atom. The largest absolute Gasteiger partial charge is 0.338 e. The number of carbonyl (C=O) groups is 1. The molecule has 1 amide bonds. The van der Waals surface area contributed by atoms with Crippen molar-refractivity contribution in [2.24, 2.45) is 11.7 Å². The summed E-state index contributed by atoms with van der Waals surface area (Å²) < 4.78 is 0. The molecule has 0 radical (unpaired) electrons. The van der Waals surface area contributed by atoms with Crippen molar-refractivity contribution in [1.29, 1.82) is 0 Å². The van der Waals surface area contributed by atoms with Crippen LogP contribution in [0, 0.1) is 5.92 Å². The molecular weight excluding hydrogens is 200 g/mol. The van der Waals surface area contributed by atoms with Crippen LogP contribution in [0.1, 0.15) is 53.4 Å². The predicted octanol–water partition coefficient (Wildman–Crippen LogP) is 2.15. The Morgan fingerprint density at radius 2 is 2.06 bits per heavy atom. The maximum absolute atomic E-state index is 12.3. The maximum Gasteiger partial charge on any atom is 0.242 e. The van der Waals surface area contributed by atoms with E-state index in [1.165, 1.54) is 0 Å². The van der Waals surface area contributed by atoms with E-state index in [1.807, 2.05) is 18.7 Å². The molecule has 1 aliphatic rings. The van der Waals surface area contributed by atoms with Crippen molar-refractivity contribution < 1.29 is 4.79 Å². The van der Waals surface area contributed by atoms with Crippen LogP contribution in [0.5, 0.6) is 0 Å². The highest BCUT2D eigenvalue weighted by atomic mass is 16.2. The number of carbonyl (C=O) groups excluding carboxylic acids is 1. The van der Waals surface area contributed by atoms with Crippen LogP contribution in [0.2, 0.25) is 0 Å². The molecule has 0 aliphatic heterocycles. The number of rotatable bonds is 6. The van der Waals surface area contributed by atoms with Crippen LogP contribution >= 0.6 is 0 Å². The van der Waals surface area contributed by atoms with E-state index in [9.17, 15) is 4.79 Å². The summed E-state index contributed by atoms with van der Waals surface area (Å²) in [6.45, 7) is 9.08. The molecule has 0 saturated heterocycles. The summed E-state index contributed by atoms with van der Waals surface area (Å²) in [6.07, 6.45) is 4.09. The van der Waals surface area contributed by atoms with Crippen molar-refractivity contribution in [3.63, 3.8) is 0 Å². The topological polar surface area (TPSA) is 46.3 Å². The lowest BCUT2D eigenvalue weighted by atomic mass is 9.98. The monoisotopic (exact) mass is 226 g/mol. The zero-order valence-electron chi connectivity index (χ0n) is 11.1. The van der Waals surface area contributed by atoms with Crippen LogP contribution in [0.15, 0.2) is 0 Å². The minimum absolute atomic E-state index is 0.137. The van der Waals surface area contributed by atoms with Crippen LogP contribution in [-0.4, -0.2) is 28.9 Å². The molecule has 2 N–H and O–H groups in total. The van der Waals surface area contributed by atoms with Gasteiger partial charge in [-0.1, -0.05) is 20.8 Å². The summed E-state index contributed by atoms with van der Waals surface area (Å²) in [6, 6.07) is 0.473. The molecule has 1 fully saturated rings. The van der Waals surface area contributed by atoms with E-state index < -0.39 is 5.54 Å². The Bertz CT molecular complexity index is 244. The van der Waals surface area contributed by atoms with E-state index in [0.29, 0.717) is 18.4 Å². The third-order valence-electron chi connectivity index (χ3n) is 3.42. The van der Waals surface area contributed by atoms with Gasteiger partial charge in [0.1, 0.15) is 0 Å². The molecular formula is C13H26N2O. The Labute approximate surface area is 99.4 Å². The predicted molar refractivity (Wildman–Crippen MR) is 67.1 cm³/mol. The Balaban J connectivity index is 2.59. The normalized spacial score (nSPS) is 19.6. The van der Waals surface area contributed by atoms with Gasteiger partial charge in [0.05, 0.1) is 5.54 Å². The lowest BCUT2D eigenvalue weighted by molar-refractivity contribution is -0.137. The van der Waals surface area contributed by atoms with Gasteiger partial charge in [-0.25, -0.2) is 0 Å². The SMILES string of the molecule is CCC(C)(N)C(=O)N(CCC(C)C)C1CC1. The molecule has 3 nitrogen and oxygen atoms in total. The zero-order chi connectivity index (χ0) is 12.3. The van der Waals surface area contributed by atoms with Gasteiger partial charge in [-0.2, -0.15) is 0 Å². The zero-order valence-corrected chi connectivity index (χ0v) is 11.1. The van der Waals surface area contributed by atoms with Gasteiger partial charge in [0.15, 0.2) is 0 Å². The summed E-state index contributed by atoms with van der Waals surface area (Å²) in [5.41, 5.74) is 5.36. The van der Waals surface area contributed by atoms with Crippen molar-refractivity contribution in [1.82, 2.24) is 4.90 Å². The van der Waals surface area contributed by atoms with Gasteiger partial charge < -0.3 is 10.6 Å². The maximum atomic E-state index is 12.3. The first-order valence-corrected chi connectivity index (χ1v) is 6.48. The van der Waals surface area contributed by atoms with Crippen molar-refractivity contribution in [2.75, 3.05) is 6.54 Å². The van der Waals surface area contributed by atoms with Crippen molar-refractivity contribution in [3.8, 4) is 0 Å². The molecule has 1 rings (SSSR count). The average Bonchev–Trinajstić information content (AvgIpc) is 3.01. The van der Waals surface area contributed by atoms with Gasteiger partial charge in [-0.15, -0.1) is 0 Å².